The Balaban J connectivity index is 2.36. The zero-order valence-corrected chi connectivity index (χ0v) is 15.4. The summed E-state index contributed by atoms with van der Waals surface area (Å²) in [6.45, 7) is 5.56. The molecule has 3 rings (SSSR count). The van der Waals surface area contributed by atoms with Crippen LogP contribution in [0.15, 0.2) is 27.9 Å². The molecule has 0 N–H and O–H groups in total. The first-order valence-corrected chi connectivity index (χ1v) is 8.35. The summed E-state index contributed by atoms with van der Waals surface area (Å²) in [5.74, 6) is 0.925. The number of methoxy groups -OCH3 is 1. The molecule has 1 aromatic carbocycles. The van der Waals surface area contributed by atoms with Crippen molar-refractivity contribution < 1.29 is 4.74 Å². The zero-order chi connectivity index (χ0) is 13.8. The maximum absolute atomic E-state index is 5.36. The van der Waals surface area contributed by atoms with Crippen molar-refractivity contribution in [1.29, 1.82) is 0 Å². The average molecular weight is 479 g/mol. The maximum atomic E-state index is 5.36. The van der Waals surface area contributed by atoms with Crippen molar-refractivity contribution in [3.8, 4) is 5.75 Å². The predicted molar refractivity (Wildman–Crippen MR) is 96.3 cm³/mol. The van der Waals surface area contributed by atoms with Crippen molar-refractivity contribution in [3.63, 3.8) is 0 Å². The number of halogens is 2. The molecular weight excluding hydrogens is 464 g/mol. The van der Waals surface area contributed by atoms with Gasteiger partial charge in [0.2, 0.25) is 0 Å². The van der Waals surface area contributed by atoms with Gasteiger partial charge in [-0.1, -0.05) is 6.08 Å². The highest BCUT2D eigenvalue weighted by Gasteiger charge is 2.34. The Kier molecular flexibility index (Phi) is 3.36. The first kappa shape index (κ1) is 13.7. The Labute approximate surface area is 140 Å². The topological polar surface area (TPSA) is 14.2 Å². The van der Waals surface area contributed by atoms with Gasteiger partial charge in [-0.3, -0.25) is 0 Å². The van der Waals surface area contributed by atoms with Crippen LogP contribution in [0.4, 0.5) is 0 Å². The van der Waals surface area contributed by atoms with Gasteiger partial charge in [0, 0.05) is 32.1 Å². The minimum atomic E-state index is 0.0849. The van der Waals surface area contributed by atoms with Crippen molar-refractivity contribution in [1.82, 2.24) is 4.57 Å². The summed E-state index contributed by atoms with van der Waals surface area (Å²) in [4.78, 5) is 0. The Morgan fingerprint density at radius 2 is 2.00 bits per heavy atom. The van der Waals surface area contributed by atoms with Crippen LogP contribution in [0, 0.1) is 3.57 Å². The van der Waals surface area contributed by atoms with Gasteiger partial charge in [0.15, 0.2) is 0 Å². The molecule has 19 heavy (non-hydrogen) atoms. The van der Waals surface area contributed by atoms with Crippen molar-refractivity contribution in [2.75, 3.05) is 7.11 Å². The molecule has 0 spiro atoms. The lowest BCUT2D eigenvalue weighted by Crippen LogP contribution is -2.26. The monoisotopic (exact) mass is 479 g/mol. The molecule has 100 valence electrons. The maximum Gasteiger partial charge on any atom is 0.119 e. The van der Waals surface area contributed by atoms with Crippen molar-refractivity contribution in [2.24, 2.45) is 0 Å². The first-order chi connectivity index (χ1) is 8.96. The molecular formula is C15H15I2NO. The van der Waals surface area contributed by atoms with E-state index in [1.807, 2.05) is 6.07 Å². The van der Waals surface area contributed by atoms with Gasteiger partial charge in [-0.25, -0.2) is 0 Å². The van der Waals surface area contributed by atoms with Crippen LogP contribution >= 0.6 is 45.2 Å². The van der Waals surface area contributed by atoms with Gasteiger partial charge >= 0.3 is 0 Å². The summed E-state index contributed by atoms with van der Waals surface area (Å²) in [6, 6.07) is 6.36. The molecule has 0 saturated heterocycles. The van der Waals surface area contributed by atoms with Crippen molar-refractivity contribution >= 4 is 56.1 Å². The number of fused-ring (bicyclic) bond motifs is 3. The van der Waals surface area contributed by atoms with E-state index < -0.39 is 0 Å². The lowest BCUT2D eigenvalue weighted by molar-refractivity contribution is 0.415. The Hall–Kier alpha value is -0.240. The molecule has 0 aliphatic carbocycles. The summed E-state index contributed by atoms with van der Waals surface area (Å²) >= 11 is 4.95. The van der Waals surface area contributed by atoms with Crippen LogP contribution in [0.5, 0.6) is 5.75 Å². The molecule has 0 amide bonds. The molecule has 2 heterocycles. The standard InChI is InChI=1S/C15H15I2NO/c1-15(2)12(16)6-7-18-11-5-4-9(19-3)8-10(11)13(17)14(15)18/h4-6,8H,7H2,1-3H3. The SMILES string of the molecule is COc1ccc2c(c1)c(I)c1n2CC=C(I)C1(C)C. The zero-order valence-electron chi connectivity index (χ0n) is 11.1. The van der Waals surface area contributed by atoms with E-state index in [4.69, 9.17) is 4.74 Å². The van der Waals surface area contributed by atoms with Crippen LogP contribution in [-0.2, 0) is 12.0 Å². The van der Waals surface area contributed by atoms with Gasteiger partial charge < -0.3 is 9.30 Å². The van der Waals surface area contributed by atoms with E-state index in [9.17, 15) is 0 Å². The smallest absolute Gasteiger partial charge is 0.119 e. The fraction of sp³-hybridized carbons (Fsp3) is 0.333. The molecule has 1 aromatic heterocycles. The highest BCUT2D eigenvalue weighted by Crippen LogP contribution is 2.44. The number of aromatic nitrogens is 1. The molecule has 1 aliphatic rings. The second-order valence-electron chi connectivity index (χ2n) is 5.33. The molecule has 1 aliphatic heterocycles. The van der Waals surface area contributed by atoms with Gasteiger partial charge in [0.25, 0.3) is 0 Å². The fourth-order valence-electron chi connectivity index (χ4n) is 2.76. The third-order valence-corrected chi connectivity index (χ3v) is 6.73. The van der Waals surface area contributed by atoms with Gasteiger partial charge in [-0.2, -0.15) is 0 Å². The molecule has 0 saturated carbocycles. The van der Waals surface area contributed by atoms with Crippen LogP contribution in [0.3, 0.4) is 0 Å². The lowest BCUT2D eigenvalue weighted by atomic mass is 9.87. The van der Waals surface area contributed by atoms with Gasteiger partial charge in [0.05, 0.1) is 7.11 Å². The van der Waals surface area contributed by atoms with Gasteiger partial charge in [-0.15, -0.1) is 0 Å². The van der Waals surface area contributed by atoms with Gasteiger partial charge in [0.1, 0.15) is 5.75 Å². The van der Waals surface area contributed by atoms with E-state index in [2.05, 4.69) is 81.8 Å². The van der Waals surface area contributed by atoms with E-state index in [0.717, 1.165) is 12.3 Å². The minimum Gasteiger partial charge on any atom is -0.497 e. The number of hydrogen-bond acceptors (Lipinski definition) is 1. The number of allylic oxidation sites excluding steroid dienone is 2. The second kappa shape index (κ2) is 4.65. The third-order valence-electron chi connectivity index (χ3n) is 3.85. The summed E-state index contributed by atoms with van der Waals surface area (Å²) in [5.41, 5.74) is 2.80. The summed E-state index contributed by atoms with van der Waals surface area (Å²) < 4.78 is 10.6. The van der Waals surface area contributed by atoms with E-state index in [1.165, 1.54) is 23.7 Å². The van der Waals surface area contributed by atoms with Crippen LogP contribution in [0.2, 0.25) is 0 Å². The lowest BCUT2D eigenvalue weighted by Gasteiger charge is -2.31. The summed E-state index contributed by atoms with van der Waals surface area (Å²) in [5, 5.41) is 1.29. The highest BCUT2D eigenvalue weighted by molar-refractivity contribution is 14.1. The molecule has 0 unspecified atom stereocenters. The highest BCUT2D eigenvalue weighted by atomic mass is 127. The Morgan fingerprint density at radius 1 is 1.26 bits per heavy atom. The first-order valence-electron chi connectivity index (χ1n) is 6.19. The van der Waals surface area contributed by atoms with Crippen LogP contribution < -0.4 is 4.74 Å². The predicted octanol–water partition coefficient (Wildman–Crippen LogP) is 4.86. The quantitative estimate of drug-likeness (QED) is 0.533. The minimum absolute atomic E-state index is 0.0849. The molecule has 2 nitrogen and oxygen atoms in total. The van der Waals surface area contributed by atoms with E-state index >= 15 is 0 Å². The number of hydrogen-bond donors (Lipinski definition) is 0. The molecule has 0 bridgehead atoms. The third kappa shape index (κ3) is 1.93. The molecule has 0 atom stereocenters. The summed E-state index contributed by atoms with van der Waals surface area (Å²) in [7, 11) is 1.72. The average Bonchev–Trinajstić information content (AvgIpc) is 2.68. The van der Waals surface area contributed by atoms with Crippen molar-refractivity contribution in [2.45, 2.75) is 25.8 Å². The van der Waals surface area contributed by atoms with E-state index in [1.54, 1.807) is 7.11 Å². The number of ether oxygens (including phenoxy) is 1. The number of rotatable bonds is 1. The summed E-state index contributed by atoms with van der Waals surface area (Å²) in [6.07, 6.45) is 2.33. The second-order valence-corrected chi connectivity index (χ2v) is 7.57. The largest absolute Gasteiger partial charge is 0.497 e. The molecule has 0 radical (unpaired) electrons. The van der Waals surface area contributed by atoms with Crippen LogP contribution in [-0.4, -0.2) is 11.7 Å². The van der Waals surface area contributed by atoms with Crippen LogP contribution in [0.1, 0.15) is 19.5 Å². The molecule has 2 aromatic rings. The Morgan fingerprint density at radius 3 is 2.68 bits per heavy atom. The normalized spacial score (nSPS) is 17.2. The fourth-order valence-corrected chi connectivity index (χ4v) is 4.61. The number of benzene rings is 1. The molecule has 4 heteroatoms. The Bertz CT molecular complexity index is 698. The van der Waals surface area contributed by atoms with Gasteiger partial charge in [-0.05, 0) is 80.8 Å². The number of nitrogens with zero attached hydrogens (tertiary/aromatic N) is 1. The van der Waals surface area contributed by atoms with E-state index in [0.29, 0.717) is 0 Å². The molecule has 0 fully saturated rings. The van der Waals surface area contributed by atoms with E-state index in [-0.39, 0.29) is 5.41 Å². The van der Waals surface area contributed by atoms with Crippen LogP contribution in [0.25, 0.3) is 10.9 Å². The van der Waals surface area contributed by atoms with Crippen molar-refractivity contribution in [3.05, 3.63) is 37.1 Å².